The SMILES string of the molecule is CNC(=O)NC(=O)COC(=O)/C=C/c1c(C)nn([C@H]2CCS(=O)(=O)C2)c1Cl. The van der Waals surface area contributed by atoms with Crippen LogP contribution >= 0.6 is 11.6 Å². The van der Waals surface area contributed by atoms with Crippen LogP contribution in [0.5, 0.6) is 0 Å². The van der Waals surface area contributed by atoms with Crippen LogP contribution < -0.4 is 10.6 Å². The fourth-order valence-electron chi connectivity index (χ4n) is 2.49. The third kappa shape index (κ3) is 5.54. The van der Waals surface area contributed by atoms with Crippen molar-refractivity contribution in [3.63, 3.8) is 0 Å². The van der Waals surface area contributed by atoms with Crippen molar-refractivity contribution in [2.24, 2.45) is 0 Å². The lowest BCUT2D eigenvalue weighted by Gasteiger charge is -2.09. The van der Waals surface area contributed by atoms with Crippen LogP contribution in [-0.4, -0.2) is 61.3 Å². The molecule has 2 heterocycles. The van der Waals surface area contributed by atoms with E-state index in [1.807, 2.05) is 5.32 Å². The molecular weight excluding hydrogens is 400 g/mol. The molecule has 0 aromatic carbocycles. The van der Waals surface area contributed by atoms with Crippen LogP contribution in [0.2, 0.25) is 5.15 Å². The number of carbonyl (C=O) groups excluding carboxylic acids is 3. The van der Waals surface area contributed by atoms with Gasteiger partial charge in [0.2, 0.25) is 0 Å². The second-order valence-electron chi connectivity index (χ2n) is 5.86. The first-order chi connectivity index (χ1) is 12.6. The van der Waals surface area contributed by atoms with Crippen molar-refractivity contribution < 1.29 is 27.5 Å². The van der Waals surface area contributed by atoms with E-state index in [4.69, 9.17) is 16.3 Å². The third-order valence-electron chi connectivity index (χ3n) is 3.84. The van der Waals surface area contributed by atoms with Crippen molar-refractivity contribution in [2.45, 2.75) is 19.4 Å². The summed E-state index contributed by atoms with van der Waals surface area (Å²) < 4.78 is 29.4. The van der Waals surface area contributed by atoms with E-state index in [2.05, 4.69) is 10.4 Å². The Morgan fingerprint density at radius 3 is 2.70 bits per heavy atom. The second kappa shape index (κ2) is 8.53. The van der Waals surface area contributed by atoms with Crippen LogP contribution in [-0.2, 0) is 24.2 Å². The molecule has 0 spiro atoms. The fraction of sp³-hybridized carbons (Fsp3) is 0.467. The number of sulfone groups is 1. The molecule has 0 unspecified atom stereocenters. The number of halogens is 1. The Labute approximate surface area is 160 Å². The van der Waals surface area contributed by atoms with E-state index in [0.717, 1.165) is 6.08 Å². The molecule has 1 aliphatic rings. The minimum absolute atomic E-state index is 0.0283. The number of urea groups is 1. The molecule has 10 nitrogen and oxygen atoms in total. The number of amides is 3. The summed E-state index contributed by atoms with van der Waals surface area (Å²) in [4.78, 5) is 34.0. The molecule has 0 bridgehead atoms. The Morgan fingerprint density at radius 2 is 2.11 bits per heavy atom. The second-order valence-corrected chi connectivity index (χ2v) is 8.45. The molecule has 1 fully saturated rings. The number of ether oxygens (including phenoxy) is 1. The Balaban J connectivity index is 1.99. The largest absolute Gasteiger partial charge is 0.452 e. The van der Waals surface area contributed by atoms with Gasteiger partial charge in [-0.05, 0) is 19.4 Å². The predicted molar refractivity (Wildman–Crippen MR) is 96.9 cm³/mol. The molecule has 0 radical (unpaired) electrons. The first-order valence-electron chi connectivity index (χ1n) is 7.94. The molecule has 3 amide bonds. The van der Waals surface area contributed by atoms with Crippen molar-refractivity contribution in [1.82, 2.24) is 20.4 Å². The molecule has 1 aromatic heterocycles. The van der Waals surface area contributed by atoms with E-state index in [0.29, 0.717) is 17.7 Å². The maximum Gasteiger partial charge on any atom is 0.331 e. The third-order valence-corrected chi connectivity index (χ3v) is 5.96. The molecule has 1 aliphatic heterocycles. The van der Waals surface area contributed by atoms with Gasteiger partial charge in [-0.25, -0.2) is 22.7 Å². The number of nitrogens with one attached hydrogen (secondary N) is 2. The Morgan fingerprint density at radius 1 is 1.41 bits per heavy atom. The summed E-state index contributed by atoms with van der Waals surface area (Å²) in [6.07, 6.45) is 2.87. The van der Waals surface area contributed by atoms with E-state index in [-0.39, 0.29) is 22.7 Å². The molecule has 1 aromatic rings. The molecule has 148 valence electrons. The van der Waals surface area contributed by atoms with Crippen LogP contribution in [0.1, 0.15) is 23.7 Å². The number of hydrogen-bond acceptors (Lipinski definition) is 7. The minimum Gasteiger partial charge on any atom is -0.452 e. The van der Waals surface area contributed by atoms with Gasteiger partial charge in [0.05, 0.1) is 23.2 Å². The number of esters is 1. The molecule has 2 rings (SSSR count). The number of nitrogens with zero attached hydrogens (tertiary/aromatic N) is 2. The zero-order valence-electron chi connectivity index (χ0n) is 14.7. The molecule has 0 aliphatic carbocycles. The lowest BCUT2D eigenvalue weighted by Crippen LogP contribution is -2.39. The Bertz CT molecular complexity index is 892. The zero-order chi connectivity index (χ0) is 20.2. The Kier molecular flexibility index (Phi) is 6.60. The monoisotopic (exact) mass is 418 g/mol. The highest BCUT2D eigenvalue weighted by Gasteiger charge is 2.31. The van der Waals surface area contributed by atoms with Gasteiger partial charge in [0, 0.05) is 18.7 Å². The van der Waals surface area contributed by atoms with Gasteiger partial charge in [-0.1, -0.05) is 11.6 Å². The van der Waals surface area contributed by atoms with Crippen molar-refractivity contribution >= 4 is 45.4 Å². The highest BCUT2D eigenvalue weighted by atomic mass is 35.5. The Hall–Kier alpha value is -2.40. The van der Waals surface area contributed by atoms with Crippen LogP contribution in [0.15, 0.2) is 6.08 Å². The van der Waals surface area contributed by atoms with Crippen molar-refractivity contribution in [2.75, 3.05) is 25.2 Å². The summed E-state index contributed by atoms with van der Waals surface area (Å²) in [5.74, 6) is -1.53. The van der Waals surface area contributed by atoms with Gasteiger partial charge in [0.1, 0.15) is 5.15 Å². The standard InChI is InChI=1S/C15H19ClN4O6S/c1-9-11(3-4-13(22)26-7-12(21)18-15(23)17-2)14(16)20(19-9)10-5-6-27(24,25)8-10/h3-4,10H,5-8H2,1-2H3,(H2,17,18,21,23)/b4-3+/t10-/m0/s1. The van der Waals surface area contributed by atoms with Crippen molar-refractivity contribution in [3.05, 3.63) is 22.5 Å². The van der Waals surface area contributed by atoms with Crippen molar-refractivity contribution in [1.29, 1.82) is 0 Å². The summed E-state index contributed by atoms with van der Waals surface area (Å²) in [5.41, 5.74) is 0.971. The van der Waals surface area contributed by atoms with Gasteiger partial charge < -0.3 is 10.1 Å². The molecule has 1 atom stereocenters. The predicted octanol–water partition coefficient (Wildman–Crippen LogP) is 0.217. The average Bonchev–Trinajstić information content (AvgIpc) is 3.10. The highest BCUT2D eigenvalue weighted by Crippen LogP contribution is 2.30. The fourth-order valence-corrected chi connectivity index (χ4v) is 4.56. The van der Waals surface area contributed by atoms with E-state index in [1.54, 1.807) is 6.92 Å². The first kappa shape index (κ1) is 20.9. The van der Waals surface area contributed by atoms with Crippen LogP contribution in [0.4, 0.5) is 4.79 Å². The number of carbonyl (C=O) groups is 3. The lowest BCUT2D eigenvalue weighted by atomic mass is 10.2. The summed E-state index contributed by atoms with van der Waals surface area (Å²) in [5, 5.41) is 8.61. The van der Waals surface area contributed by atoms with E-state index < -0.39 is 34.4 Å². The van der Waals surface area contributed by atoms with Gasteiger partial charge in [0.25, 0.3) is 5.91 Å². The van der Waals surface area contributed by atoms with Crippen LogP contribution in [0, 0.1) is 6.92 Å². The lowest BCUT2D eigenvalue weighted by molar-refractivity contribution is -0.143. The maximum atomic E-state index is 11.7. The molecule has 27 heavy (non-hydrogen) atoms. The minimum atomic E-state index is -3.09. The molecule has 2 N–H and O–H groups in total. The van der Waals surface area contributed by atoms with Gasteiger partial charge in [-0.15, -0.1) is 0 Å². The van der Waals surface area contributed by atoms with E-state index in [1.165, 1.54) is 17.8 Å². The van der Waals surface area contributed by atoms with Gasteiger partial charge in [-0.3, -0.25) is 10.1 Å². The average molecular weight is 419 g/mol. The smallest absolute Gasteiger partial charge is 0.331 e. The van der Waals surface area contributed by atoms with E-state index >= 15 is 0 Å². The number of hydrogen-bond donors (Lipinski definition) is 2. The number of rotatable bonds is 5. The summed E-state index contributed by atoms with van der Waals surface area (Å²) in [6, 6.07) is -1.06. The maximum absolute atomic E-state index is 11.7. The van der Waals surface area contributed by atoms with Gasteiger partial charge in [0.15, 0.2) is 16.4 Å². The molecule has 0 saturated carbocycles. The van der Waals surface area contributed by atoms with Gasteiger partial charge in [-0.2, -0.15) is 5.10 Å². The number of aromatic nitrogens is 2. The van der Waals surface area contributed by atoms with E-state index in [9.17, 15) is 22.8 Å². The van der Waals surface area contributed by atoms with Crippen LogP contribution in [0.3, 0.4) is 0 Å². The van der Waals surface area contributed by atoms with Gasteiger partial charge >= 0.3 is 12.0 Å². The summed E-state index contributed by atoms with van der Waals surface area (Å²) in [7, 11) is -1.76. The summed E-state index contributed by atoms with van der Waals surface area (Å²) in [6.45, 7) is 1.05. The van der Waals surface area contributed by atoms with Crippen LogP contribution in [0.25, 0.3) is 6.08 Å². The highest BCUT2D eigenvalue weighted by molar-refractivity contribution is 7.91. The first-order valence-corrected chi connectivity index (χ1v) is 10.1. The van der Waals surface area contributed by atoms with Crippen molar-refractivity contribution in [3.8, 4) is 0 Å². The topological polar surface area (TPSA) is 136 Å². The molecule has 1 saturated heterocycles. The molecular formula is C15H19ClN4O6S. The normalized spacial score (nSPS) is 18.4. The number of aryl methyl sites for hydroxylation is 1. The quantitative estimate of drug-likeness (QED) is 0.515. The number of imide groups is 1. The summed E-state index contributed by atoms with van der Waals surface area (Å²) >= 11 is 6.28. The molecule has 12 heteroatoms. The zero-order valence-corrected chi connectivity index (χ0v) is 16.3.